The first-order valence-electron chi connectivity index (χ1n) is 11.9. The van der Waals surface area contributed by atoms with Gasteiger partial charge in [-0.25, -0.2) is 0 Å². The van der Waals surface area contributed by atoms with Gasteiger partial charge in [-0.15, -0.1) is 6.58 Å². The zero-order chi connectivity index (χ0) is 25.0. The van der Waals surface area contributed by atoms with Gasteiger partial charge in [0.25, 0.3) is 0 Å². The quantitative estimate of drug-likeness (QED) is 0.298. The summed E-state index contributed by atoms with van der Waals surface area (Å²) in [5.74, 6) is 0. The molecule has 4 N–H and O–H groups in total. The zero-order valence-electron chi connectivity index (χ0n) is 19.8. The summed E-state index contributed by atoms with van der Waals surface area (Å²) in [4.78, 5) is 0. The fourth-order valence-corrected chi connectivity index (χ4v) is 3.93. The average Bonchev–Trinajstić information content (AvgIpc) is 2.89. The first-order valence-corrected chi connectivity index (χ1v) is 11.9. The smallest absolute Gasteiger partial charge is 0.186 e. The van der Waals surface area contributed by atoms with Crippen molar-refractivity contribution in [1.29, 1.82) is 0 Å². The van der Waals surface area contributed by atoms with E-state index in [1.54, 1.807) is 6.08 Å². The highest BCUT2D eigenvalue weighted by molar-refractivity contribution is 5.14. The summed E-state index contributed by atoms with van der Waals surface area (Å²) in [6.45, 7) is 4.27. The van der Waals surface area contributed by atoms with Gasteiger partial charge in [0.15, 0.2) is 6.29 Å². The van der Waals surface area contributed by atoms with Gasteiger partial charge in [-0.1, -0.05) is 66.7 Å². The molecule has 0 bridgehead atoms. The fraction of sp³-hybridized carbons (Fsp3) is 0.481. The van der Waals surface area contributed by atoms with Crippen molar-refractivity contribution in [1.82, 2.24) is 0 Å². The summed E-state index contributed by atoms with van der Waals surface area (Å²) in [5.41, 5.74) is 2.06. The van der Waals surface area contributed by atoms with Crippen LogP contribution in [0.3, 0.4) is 0 Å². The lowest BCUT2D eigenvalue weighted by Crippen LogP contribution is -2.59. The number of aliphatic hydroxyl groups is 4. The highest BCUT2D eigenvalue weighted by atomic mass is 16.7. The number of aliphatic hydroxyl groups excluding tert-OH is 4. The van der Waals surface area contributed by atoms with Gasteiger partial charge in [0.2, 0.25) is 0 Å². The van der Waals surface area contributed by atoms with Crippen molar-refractivity contribution in [3.05, 3.63) is 84.4 Å². The predicted octanol–water partition coefficient (Wildman–Crippen LogP) is 1.94. The van der Waals surface area contributed by atoms with Crippen LogP contribution in [0.15, 0.2) is 73.3 Å². The fourth-order valence-electron chi connectivity index (χ4n) is 3.93. The SMILES string of the molecule is C=CC[C@@H](OCc1ccccc1)[C@H](CCOC1OC(CO)C(O)C(O)C1O)OCc1ccccc1. The Morgan fingerprint density at radius 1 is 0.829 bits per heavy atom. The minimum atomic E-state index is -1.49. The molecular weight excluding hydrogens is 452 g/mol. The Balaban J connectivity index is 1.63. The Hall–Kier alpha value is -2.14. The lowest BCUT2D eigenvalue weighted by atomic mass is 9.99. The van der Waals surface area contributed by atoms with Crippen LogP contribution in [0.25, 0.3) is 0 Å². The molecule has 7 atom stereocenters. The predicted molar refractivity (Wildman–Crippen MR) is 129 cm³/mol. The normalized spacial score (nSPS) is 26.2. The summed E-state index contributed by atoms with van der Waals surface area (Å²) in [7, 11) is 0. The average molecular weight is 489 g/mol. The lowest BCUT2D eigenvalue weighted by Gasteiger charge is -2.39. The van der Waals surface area contributed by atoms with Gasteiger partial charge in [-0.2, -0.15) is 0 Å². The third-order valence-corrected chi connectivity index (χ3v) is 5.96. The van der Waals surface area contributed by atoms with E-state index in [1.807, 2.05) is 60.7 Å². The summed E-state index contributed by atoms with van der Waals surface area (Å²) >= 11 is 0. The molecule has 2 aromatic carbocycles. The van der Waals surface area contributed by atoms with Crippen LogP contribution in [0.2, 0.25) is 0 Å². The van der Waals surface area contributed by atoms with Crippen molar-refractivity contribution in [2.24, 2.45) is 0 Å². The molecule has 3 rings (SSSR count). The van der Waals surface area contributed by atoms with E-state index in [0.29, 0.717) is 26.1 Å². The van der Waals surface area contributed by atoms with E-state index < -0.39 is 37.3 Å². The van der Waals surface area contributed by atoms with E-state index in [4.69, 9.17) is 18.9 Å². The minimum absolute atomic E-state index is 0.129. The van der Waals surface area contributed by atoms with Gasteiger partial charge in [0.05, 0.1) is 38.6 Å². The third kappa shape index (κ3) is 8.20. The van der Waals surface area contributed by atoms with Crippen molar-refractivity contribution in [3.63, 3.8) is 0 Å². The molecule has 1 aliphatic rings. The van der Waals surface area contributed by atoms with Gasteiger partial charge < -0.3 is 39.4 Å². The van der Waals surface area contributed by atoms with Crippen LogP contribution in [-0.4, -0.2) is 76.6 Å². The Bertz CT molecular complexity index is 847. The molecule has 1 aliphatic heterocycles. The summed E-state index contributed by atoms with van der Waals surface area (Å²) in [6.07, 6.45) is -4.48. The topological polar surface area (TPSA) is 118 Å². The molecule has 0 aliphatic carbocycles. The molecule has 0 spiro atoms. The summed E-state index contributed by atoms with van der Waals surface area (Å²) < 4.78 is 23.6. The highest BCUT2D eigenvalue weighted by Gasteiger charge is 2.44. The monoisotopic (exact) mass is 488 g/mol. The van der Waals surface area contributed by atoms with Gasteiger partial charge in [0.1, 0.15) is 24.4 Å². The largest absolute Gasteiger partial charge is 0.394 e. The van der Waals surface area contributed by atoms with Crippen LogP contribution in [0.4, 0.5) is 0 Å². The van der Waals surface area contributed by atoms with Crippen LogP contribution < -0.4 is 0 Å². The van der Waals surface area contributed by atoms with E-state index in [9.17, 15) is 20.4 Å². The van der Waals surface area contributed by atoms with Crippen molar-refractivity contribution in [2.45, 2.75) is 69.0 Å². The van der Waals surface area contributed by atoms with E-state index in [2.05, 4.69) is 6.58 Å². The van der Waals surface area contributed by atoms with Gasteiger partial charge in [-0.3, -0.25) is 0 Å². The number of hydrogen-bond acceptors (Lipinski definition) is 8. The standard InChI is InChI=1S/C27H36O8/c1-2-9-21(33-17-19-10-5-3-6-11-19)22(34-18-20-12-7-4-8-13-20)14-15-32-27-26(31)25(30)24(29)23(16-28)35-27/h2-8,10-13,21-31H,1,9,14-18H2/t21-,22+,23?,24?,25?,26?,27?/m1/s1. The van der Waals surface area contributed by atoms with Crippen LogP contribution >= 0.6 is 0 Å². The van der Waals surface area contributed by atoms with Crippen LogP contribution in [0, 0.1) is 0 Å². The summed E-state index contributed by atoms with van der Waals surface area (Å²) in [6, 6.07) is 19.7. The molecule has 8 nitrogen and oxygen atoms in total. The number of benzene rings is 2. The molecule has 0 amide bonds. The lowest BCUT2D eigenvalue weighted by molar-refractivity contribution is -0.302. The third-order valence-electron chi connectivity index (χ3n) is 5.96. The summed E-state index contributed by atoms with van der Waals surface area (Å²) in [5, 5.41) is 39.6. The Morgan fingerprint density at radius 2 is 1.40 bits per heavy atom. The van der Waals surface area contributed by atoms with Gasteiger partial charge in [-0.05, 0) is 24.0 Å². The zero-order valence-corrected chi connectivity index (χ0v) is 19.8. The van der Waals surface area contributed by atoms with Crippen molar-refractivity contribution in [2.75, 3.05) is 13.2 Å². The first-order chi connectivity index (χ1) is 17.0. The molecule has 35 heavy (non-hydrogen) atoms. The molecule has 192 valence electrons. The highest BCUT2D eigenvalue weighted by Crippen LogP contribution is 2.23. The second-order valence-corrected chi connectivity index (χ2v) is 8.55. The number of rotatable bonds is 14. The molecule has 1 heterocycles. The van der Waals surface area contributed by atoms with Crippen LogP contribution in [0.1, 0.15) is 24.0 Å². The van der Waals surface area contributed by atoms with Gasteiger partial charge >= 0.3 is 0 Å². The first kappa shape index (κ1) is 27.4. The molecule has 8 heteroatoms. The number of ether oxygens (including phenoxy) is 4. The number of hydrogen-bond donors (Lipinski definition) is 4. The van der Waals surface area contributed by atoms with E-state index >= 15 is 0 Å². The molecule has 0 radical (unpaired) electrons. The van der Waals surface area contributed by atoms with Crippen molar-refractivity contribution >= 4 is 0 Å². The molecule has 1 saturated heterocycles. The maximum absolute atomic E-state index is 10.2. The molecular formula is C27H36O8. The van der Waals surface area contributed by atoms with Crippen molar-refractivity contribution in [3.8, 4) is 0 Å². The van der Waals surface area contributed by atoms with Crippen LogP contribution in [-0.2, 0) is 32.2 Å². The maximum Gasteiger partial charge on any atom is 0.186 e. The van der Waals surface area contributed by atoms with E-state index in [0.717, 1.165) is 11.1 Å². The van der Waals surface area contributed by atoms with Gasteiger partial charge in [0, 0.05) is 0 Å². The Labute approximate surface area is 206 Å². The molecule has 0 saturated carbocycles. The molecule has 2 aromatic rings. The molecule has 1 fully saturated rings. The minimum Gasteiger partial charge on any atom is -0.394 e. The Morgan fingerprint density at radius 3 is 1.94 bits per heavy atom. The maximum atomic E-state index is 10.2. The second kappa shape index (κ2) is 14.4. The molecule has 0 aromatic heterocycles. The van der Waals surface area contributed by atoms with E-state index in [1.165, 1.54) is 0 Å². The van der Waals surface area contributed by atoms with Crippen molar-refractivity contribution < 1.29 is 39.4 Å². The molecule has 5 unspecified atom stereocenters. The second-order valence-electron chi connectivity index (χ2n) is 8.55. The van der Waals surface area contributed by atoms with E-state index in [-0.39, 0.29) is 18.8 Å². The van der Waals surface area contributed by atoms with Crippen LogP contribution in [0.5, 0.6) is 0 Å². The Kier molecular flexibility index (Phi) is 11.3.